The number of carbonyl (C=O) groups is 2. The third-order valence-electron chi connectivity index (χ3n) is 8.06. The topological polar surface area (TPSA) is 181 Å². The van der Waals surface area contributed by atoms with Crippen molar-refractivity contribution in [3.05, 3.63) is 70.8 Å². The molecule has 1 aliphatic rings. The van der Waals surface area contributed by atoms with Gasteiger partial charge in [0.1, 0.15) is 18.5 Å². The summed E-state index contributed by atoms with van der Waals surface area (Å²) in [5.74, 6) is 0.809. The lowest BCUT2D eigenvalue weighted by Gasteiger charge is -2.23. The molecular formula is C32H39ClN8O7. The Kier molecular flexibility index (Phi) is 12.5. The molecule has 48 heavy (non-hydrogen) atoms. The molecule has 3 N–H and O–H groups in total. The van der Waals surface area contributed by atoms with Crippen LogP contribution in [0.1, 0.15) is 62.5 Å². The molecule has 1 fully saturated rings. The minimum Gasteiger partial charge on any atom is -0.464 e. The van der Waals surface area contributed by atoms with E-state index >= 15 is 0 Å². The maximum atomic E-state index is 13.2. The number of nitrogens with one attached hydrogen (secondary N) is 1. The van der Waals surface area contributed by atoms with Crippen molar-refractivity contribution >= 4 is 23.7 Å². The predicted molar refractivity (Wildman–Crippen MR) is 171 cm³/mol. The molecule has 15 nitrogen and oxygen atoms in total. The largest absolute Gasteiger partial charge is 0.464 e. The summed E-state index contributed by atoms with van der Waals surface area (Å²) < 4.78 is 13.1. The SMILES string of the molecule is CCCCc1nc(Cl)c(COC(=O)N2CCCC2C(=O)OCCCCON(O)O)n1Cc1ccc(-c2ccccc2-c2nn[nH]n2)cc1. The maximum absolute atomic E-state index is 13.2. The fraction of sp³-hybridized carbons (Fsp3) is 0.438. The summed E-state index contributed by atoms with van der Waals surface area (Å²) in [4.78, 5) is 36.4. The van der Waals surface area contributed by atoms with Crippen molar-refractivity contribution in [3.63, 3.8) is 0 Å². The molecule has 256 valence electrons. The molecule has 0 bridgehead atoms. The first-order valence-corrected chi connectivity index (χ1v) is 16.3. The molecule has 2 aromatic carbocycles. The Bertz CT molecular complexity index is 1630. The number of likely N-dealkylation sites (tertiary alicyclic amines) is 1. The summed E-state index contributed by atoms with van der Waals surface area (Å²) in [5.41, 5.74) is 4.42. The molecule has 1 saturated heterocycles. The quantitative estimate of drug-likeness (QED) is 0.0798. The number of halogens is 1. The summed E-state index contributed by atoms with van der Waals surface area (Å²) in [7, 11) is 0. The van der Waals surface area contributed by atoms with E-state index in [1.165, 1.54) is 4.90 Å². The molecule has 0 spiro atoms. The number of nitrogens with zero attached hydrogens (tertiary/aromatic N) is 7. The van der Waals surface area contributed by atoms with E-state index in [1.807, 2.05) is 53.1 Å². The normalized spacial score (nSPS) is 14.5. The van der Waals surface area contributed by atoms with E-state index < -0.39 is 18.1 Å². The second kappa shape index (κ2) is 17.1. The van der Waals surface area contributed by atoms with Gasteiger partial charge in [0.2, 0.25) is 5.82 Å². The molecule has 0 radical (unpaired) electrons. The van der Waals surface area contributed by atoms with E-state index in [2.05, 4.69) is 37.4 Å². The predicted octanol–water partition coefficient (Wildman–Crippen LogP) is 5.21. The highest BCUT2D eigenvalue weighted by Crippen LogP contribution is 2.30. The molecule has 1 unspecified atom stereocenters. The number of carbonyl (C=O) groups excluding carboxylic acids is 2. The number of hydrogen-bond acceptors (Lipinski definition) is 12. The highest BCUT2D eigenvalue weighted by Gasteiger charge is 2.36. The average molecular weight is 683 g/mol. The van der Waals surface area contributed by atoms with Gasteiger partial charge in [0.25, 0.3) is 0 Å². The van der Waals surface area contributed by atoms with Crippen molar-refractivity contribution in [2.24, 2.45) is 0 Å². The van der Waals surface area contributed by atoms with Crippen molar-refractivity contribution in [2.75, 3.05) is 19.8 Å². The highest BCUT2D eigenvalue weighted by atomic mass is 35.5. The number of tetrazole rings is 1. The van der Waals surface area contributed by atoms with Gasteiger partial charge in [0.05, 0.1) is 24.3 Å². The number of esters is 1. The van der Waals surface area contributed by atoms with Crippen LogP contribution in [0.15, 0.2) is 48.5 Å². The zero-order chi connectivity index (χ0) is 33.9. The standard InChI is InChI=1S/C32H39ClN8O7/c1-2-3-12-28-34-29(33)27(21-47-32(43)39-17-8-11-26(39)31(42)46-18-6-7-19-48-41(44)45)40(28)20-22-13-15-23(16-14-22)24-9-4-5-10-25(24)30-35-37-38-36-30/h4-5,9-10,13-16,26,44-45H,2-3,6-8,11-12,17-21H2,1H3,(H,35,36,37,38). The van der Waals surface area contributed by atoms with Gasteiger partial charge in [-0.15, -0.1) is 10.2 Å². The third-order valence-corrected chi connectivity index (χ3v) is 8.36. The molecule has 4 aromatic rings. The van der Waals surface area contributed by atoms with Crippen molar-refractivity contribution in [2.45, 2.75) is 71.1 Å². The summed E-state index contributed by atoms with van der Waals surface area (Å²) in [6.45, 7) is 2.99. The van der Waals surface area contributed by atoms with E-state index in [9.17, 15) is 9.59 Å². The van der Waals surface area contributed by atoms with Crippen LogP contribution >= 0.6 is 11.6 Å². The summed E-state index contributed by atoms with van der Waals surface area (Å²) in [6.07, 6.45) is 3.99. The molecule has 0 saturated carbocycles. The molecule has 1 amide bonds. The number of ether oxygens (including phenoxy) is 2. The molecule has 16 heteroatoms. The van der Waals surface area contributed by atoms with Crippen LogP contribution in [0.2, 0.25) is 5.15 Å². The summed E-state index contributed by atoms with van der Waals surface area (Å²) in [6, 6.07) is 15.3. The lowest BCUT2D eigenvalue weighted by atomic mass is 9.98. The van der Waals surface area contributed by atoms with Crippen molar-refractivity contribution in [3.8, 4) is 22.5 Å². The number of aromatic amines is 1. The molecule has 0 aliphatic carbocycles. The number of amides is 1. The lowest BCUT2D eigenvalue weighted by molar-refractivity contribution is -0.492. The minimum absolute atomic E-state index is 0.0498. The number of hydrogen-bond donors (Lipinski definition) is 3. The number of aromatic nitrogens is 6. The van der Waals surface area contributed by atoms with Gasteiger partial charge in [-0.3, -0.25) is 20.2 Å². The molecule has 3 heterocycles. The number of benzene rings is 2. The van der Waals surface area contributed by atoms with Crippen LogP contribution in [-0.2, 0) is 38.7 Å². The molecule has 5 rings (SSSR count). The molecule has 2 aromatic heterocycles. The Hall–Kier alpha value is -4.41. The van der Waals surface area contributed by atoms with E-state index in [-0.39, 0.29) is 30.4 Å². The van der Waals surface area contributed by atoms with Crippen molar-refractivity contribution < 1.29 is 34.3 Å². The highest BCUT2D eigenvalue weighted by molar-refractivity contribution is 6.30. The average Bonchev–Trinajstić information content (AvgIpc) is 3.86. The van der Waals surface area contributed by atoms with Gasteiger partial charge in [-0.2, -0.15) is 5.21 Å². The Balaban J connectivity index is 1.24. The van der Waals surface area contributed by atoms with Gasteiger partial charge in [-0.25, -0.2) is 14.6 Å². The van der Waals surface area contributed by atoms with Crippen LogP contribution in [-0.4, -0.2) is 88.7 Å². The summed E-state index contributed by atoms with van der Waals surface area (Å²) in [5, 5.41) is 31.5. The number of imidazole rings is 1. The van der Waals surface area contributed by atoms with Crippen LogP contribution in [0.25, 0.3) is 22.5 Å². The van der Waals surface area contributed by atoms with E-state index in [0.717, 1.165) is 40.9 Å². The van der Waals surface area contributed by atoms with Crippen LogP contribution < -0.4 is 0 Å². The monoisotopic (exact) mass is 682 g/mol. The third kappa shape index (κ3) is 8.93. The first-order chi connectivity index (χ1) is 23.4. The zero-order valence-electron chi connectivity index (χ0n) is 26.6. The lowest BCUT2D eigenvalue weighted by Crippen LogP contribution is -2.41. The van der Waals surface area contributed by atoms with E-state index in [4.69, 9.17) is 31.5 Å². The molecule has 1 atom stereocenters. The molecule has 1 aliphatic heterocycles. The summed E-state index contributed by atoms with van der Waals surface area (Å²) >= 11 is 6.63. The first kappa shape index (κ1) is 34.9. The minimum atomic E-state index is -0.747. The number of aryl methyl sites for hydroxylation is 1. The fourth-order valence-electron chi connectivity index (χ4n) is 5.60. The smallest absolute Gasteiger partial charge is 0.410 e. The van der Waals surface area contributed by atoms with Gasteiger partial charge in [-0.05, 0) is 54.0 Å². The van der Waals surface area contributed by atoms with Crippen molar-refractivity contribution in [1.29, 1.82) is 0 Å². The number of rotatable bonds is 16. The van der Waals surface area contributed by atoms with Gasteiger partial charge in [0.15, 0.2) is 5.15 Å². The number of H-pyrrole nitrogens is 1. The Morgan fingerprint density at radius 3 is 2.54 bits per heavy atom. The van der Waals surface area contributed by atoms with Crippen molar-refractivity contribution in [1.82, 2.24) is 40.5 Å². The number of unbranched alkanes of at least 4 members (excludes halogenated alkanes) is 2. The maximum Gasteiger partial charge on any atom is 0.410 e. The van der Waals surface area contributed by atoms with Gasteiger partial charge in [0, 0.05) is 25.1 Å². The fourth-order valence-corrected chi connectivity index (χ4v) is 5.85. The van der Waals surface area contributed by atoms with E-state index in [0.29, 0.717) is 56.7 Å². The van der Waals surface area contributed by atoms with Gasteiger partial charge >= 0.3 is 12.1 Å². The second-order valence-electron chi connectivity index (χ2n) is 11.3. The molecular weight excluding hydrogens is 644 g/mol. The van der Waals surface area contributed by atoms with Crippen LogP contribution in [0, 0.1) is 0 Å². The van der Waals surface area contributed by atoms with E-state index in [1.54, 1.807) is 0 Å². The van der Waals surface area contributed by atoms with Crippen LogP contribution in [0.4, 0.5) is 4.79 Å². The Morgan fingerprint density at radius 1 is 1.04 bits per heavy atom. The van der Waals surface area contributed by atoms with Gasteiger partial charge in [-0.1, -0.05) is 73.5 Å². The van der Waals surface area contributed by atoms with Crippen LogP contribution in [0.3, 0.4) is 0 Å². The Morgan fingerprint density at radius 2 is 1.81 bits per heavy atom. The van der Waals surface area contributed by atoms with Gasteiger partial charge < -0.3 is 14.0 Å². The Labute approximate surface area is 282 Å². The second-order valence-corrected chi connectivity index (χ2v) is 11.7. The zero-order valence-corrected chi connectivity index (χ0v) is 27.4. The first-order valence-electron chi connectivity index (χ1n) is 15.9. The van der Waals surface area contributed by atoms with Crippen LogP contribution in [0.5, 0.6) is 0 Å².